The van der Waals surface area contributed by atoms with Crippen molar-refractivity contribution in [2.75, 3.05) is 6.54 Å². The molecule has 1 nitrogen and oxygen atoms in total. The first-order valence-electron chi connectivity index (χ1n) is 5.06. The van der Waals surface area contributed by atoms with Gasteiger partial charge in [0.1, 0.15) is 17.5 Å². The predicted molar refractivity (Wildman–Crippen MR) is 58.2 cm³/mol. The summed E-state index contributed by atoms with van der Waals surface area (Å²) in [7, 11) is 0. The number of hydrogen-bond donors (Lipinski definition) is 1. The van der Waals surface area contributed by atoms with Crippen molar-refractivity contribution in [3.8, 4) is 0 Å². The van der Waals surface area contributed by atoms with Crippen LogP contribution in [0.1, 0.15) is 30.9 Å². The molecule has 1 saturated heterocycles. The van der Waals surface area contributed by atoms with Gasteiger partial charge in [-0.1, -0.05) is 6.42 Å². The van der Waals surface area contributed by atoms with Crippen LogP contribution in [0.15, 0.2) is 12.1 Å². The molecule has 0 saturated carbocycles. The number of rotatable bonds is 1. The third-order valence-electron chi connectivity index (χ3n) is 2.70. The maximum absolute atomic E-state index is 13.4. The molecule has 1 aromatic carbocycles. The maximum atomic E-state index is 13.4. The fourth-order valence-electron chi connectivity index (χ4n) is 1.98. The molecule has 0 unspecified atom stereocenters. The van der Waals surface area contributed by atoms with E-state index in [-0.39, 0.29) is 24.0 Å². The van der Waals surface area contributed by atoms with Crippen molar-refractivity contribution < 1.29 is 13.2 Å². The van der Waals surface area contributed by atoms with Crippen LogP contribution in [0.3, 0.4) is 0 Å². The van der Waals surface area contributed by atoms with Crippen molar-refractivity contribution >= 4 is 12.4 Å². The first-order valence-corrected chi connectivity index (χ1v) is 5.06. The van der Waals surface area contributed by atoms with E-state index < -0.39 is 17.5 Å². The summed E-state index contributed by atoms with van der Waals surface area (Å²) >= 11 is 0. The van der Waals surface area contributed by atoms with Gasteiger partial charge in [0.05, 0.1) is 0 Å². The van der Waals surface area contributed by atoms with Crippen LogP contribution in [-0.4, -0.2) is 6.54 Å². The zero-order valence-electron chi connectivity index (χ0n) is 8.60. The highest BCUT2D eigenvalue weighted by atomic mass is 35.5. The molecule has 1 aromatic rings. The largest absolute Gasteiger partial charge is 0.310 e. The van der Waals surface area contributed by atoms with Crippen LogP contribution in [0.5, 0.6) is 0 Å². The average Bonchev–Trinajstić information content (AvgIpc) is 2.17. The summed E-state index contributed by atoms with van der Waals surface area (Å²) in [4.78, 5) is 0. The van der Waals surface area contributed by atoms with E-state index in [1.807, 2.05) is 0 Å². The number of benzene rings is 1. The zero-order chi connectivity index (χ0) is 10.8. The van der Waals surface area contributed by atoms with E-state index in [1.54, 1.807) is 0 Å². The van der Waals surface area contributed by atoms with E-state index in [1.165, 1.54) is 0 Å². The molecule has 1 atom stereocenters. The lowest BCUT2D eigenvalue weighted by Crippen LogP contribution is -2.28. The lowest BCUT2D eigenvalue weighted by atomic mass is 9.96. The first-order chi connectivity index (χ1) is 7.18. The molecule has 1 fully saturated rings. The van der Waals surface area contributed by atoms with Gasteiger partial charge in [-0.2, -0.15) is 0 Å². The molecule has 90 valence electrons. The molecule has 16 heavy (non-hydrogen) atoms. The number of nitrogens with one attached hydrogen (secondary N) is 1. The van der Waals surface area contributed by atoms with E-state index in [0.717, 1.165) is 31.5 Å². The standard InChI is InChI=1S/C11H12F3N.ClH/c12-7-5-8(13)11(9(14)6-7)10-3-1-2-4-15-10;/h5-6,10,15H,1-4H2;1H/t10-;/m1./s1. The molecule has 5 heteroatoms. The van der Waals surface area contributed by atoms with Gasteiger partial charge in [-0.25, -0.2) is 13.2 Å². The highest BCUT2D eigenvalue weighted by Crippen LogP contribution is 2.27. The molecule has 1 aliphatic rings. The molecule has 2 rings (SSSR count). The van der Waals surface area contributed by atoms with E-state index in [2.05, 4.69) is 5.32 Å². The fraction of sp³-hybridized carbons (Fsp3) is 0.455. The molecule has 0 spiro atoms. The number of hydrogen-bond acceptors (Lipinski definition) is 1. The Morgan fingerprint density at radius 2 is 1.69 bits per heavy atom. The molecule has 0 bridgehead atoms. The second-order valence-corrected chi connectivity index (χ2v) is 3.79. The minimum Gasteiger partial charge on any atom is -0.310 e. The van der Waals surface area contributed by atoms with Gasteiger partial charge in [0, 0.05) is 23.7 Å². The van der Waals surface area contributed by atoms with Gasteiger partial charge in [-0.05, 0) is 19.4 Å². The summed E-state index contributed by atoms with van der Waals surface area (Å²) in [5, 5.41) is 3.03. The average molecular weight is 252 g/mol. The topological polar surface area (TPSA) is 12.0 Å². The Balaban J connectivity index is 0.00000128. The summed E-state index contributed by atoms with van der Waals surface area (Å²) in [6.45, 7) is 0.751. The Bertz CT molecular complexity index is 341. The predicted octanol–water partition coefficient (Wildman–Crippen LogP) is 3.34. The Hall–Kier alpha value is -0.740. The van der Waals surface area contributed by atoms with Crippen LogP contribution in [0.4, 0.5) is 13.2 Å². The number of piperidine rings is 1. The molecule has 1 heterocycles. The molecule has 1 N–H and O–H groups in total. The summed E-state index contributed by atoms with van der Waals surface area (Å²) in [5.74, 6) is -2.47. The SMILES string of the molecule is Cl.Fc1cc(F)c([C@H]2CCCCN2)c(F)c1. The van der Waals surface area contributed by atoms with Gasteiger partial charge < -0.3 is 5.32 Å². The smallest absolute Gasteiger partial charge is 0.133 e. The Morgan fingerprint density at radius 3 is 2.19 bits per heavy atom. The Kier molecular flexibility index (Phi) is 4.62. The van der Waals surface area contributed by atoms with Gasteiger partial charge >= 0.3 is 0 Å². The second-order valence-electron chi connectivity index (χ2n) is 3.79. The van der Waals surface area contributed by atoms with Crippen LogP contribution in [0, 0.1) is 17.5 Å². The monoisotopic (exact) mass is 251 g/mol. The highest BCUT2D eigenvalue weighted by Gasteiger charge is 2.22. The lowest BCUT2D eigenvalue weighted by molar-refractivity contribution is 0.382. The highest BCUT2D eigenvalue weighted by molar-refractivity contribution is 5.85. The van der Waals surface area contributed by atoms with Crippen LogP contribution in [0.25, 0.3) is 0 Å². The molecule has 0 aliphatic carbocycles. The minimum absolute atomic E-state index is 0. The van der Waals surface area contributed by atoms with Gasteiger partial charge in [0.2, 0.25) is 0 Å². The zero-order valence-corrected chi connectivity index (χ0v) is 9.42. The van der Waals surface area contributed by atoms with Crippen molar-refractivity contribution in [1.29, 1.82) is 0 Å². The Labute approximate surface area is 98.4 Å². The van der Waals surface area contributed by atoms with Gasteiger partial charge in [0.25, 0.3) is 0 Å². The molecular weight excluding hydrogens is 239 g/mol. The van der Waals surface area contributed by atoms with Crippen LogP contribution < -0.4 is 5.32 Å². The third kappa shape index (κ3) is 2.68. The number of halogens is 4. The fourth-order valence-corrected chi connectivity index (χ4v) is 1.98. The van der Waals surface area contributed by atoms with Crippen molar-refractivity contribution in [3.63, 3.8) is 0 Å². The maximum Gasteiger partial charge on any atom is 0.133 e. The normalized spacial score (nSPS) is 20.3. The quantitative estimate of drug-likeness (QED) is 0.807. The van der Waals surface area contributed by atoms with E-state index in [0.29, 0.717) is 6.42 Å². The van der Waals surface area contributed by atoms with Crippen molar-refractivity contribution in [2.45, 2.75) is 25.3 Å². The molecule has 0 amide bonds. The molecule has 1 aliphatic heterocycles. The lowest BCUT2D eigenvalue weighted by Gasteiger charge is -2.24. The van der Waals surface area contributed by atoms with E-state index in [4.69, 9.17) is 0 Å². The van der Waals surface area contributed by atoms with Crippen LogP contribution in [0.2, 0.25) is 0 Å². The van der Waals surface area contributed by atoms with Crippen molar-refractivity contribution in [1.82, 2.24) is 5.32 Å². The van der Waals surface area contributed by atoms with Crippen LogP contribution >= 0.6 is 12.4 Å². The second kappa shape index (κ2) is 5.55. The molecular formula is C11H13ClF3N. The third-order valence-corrected chi connectivity index (χ3v) is 2.70. The summed E-state index contributed by atoms with van der Waals surface area (Å²) in [6, 6.07) is 1.14. The summed E-state index contributed by atoms with van der Waals surface area (Å²) in [6.07, 6.45) is 2.65. The van der Waals surface area contributed by atoms with E-state index >= 15 is 0 Å². The summed E-state index contributed by atoms with van der Waals surface area (Å²) in [5.41, 5.74) is -0.0314. The minimum atomic E-state index is -0.871. The first kappa shape index (κ1) is 13.3. The van der Waals surface area contributed by atoms with Gasteiger partial charge in [-0.15, -0.1) is 12.4 Å². The summed E-state index contributed by atoms with van der Waals surface area (Å²) < 4.78 is 39.4. The van der Waals surface area contributed by atoms with Crippen molar-refractivity contribution in [2.24, 2.45) is 0 Å². The van der Waals surface area contributed by atoms with E-state index in [9.17, 15) is 13.2 Å². The molecule has 0 aromatic heterocycles. The Morgan fingerprint density at radius 1 is 1.06 bits per heavy atom. The van der Waals surface area contributed by atoms with Crippen molar-refractivity contribution in [3.05, 3.63) is 35.1 Å². The van der Waals surface area contributed by atoms with Gasteiger partial charge in [-0.3, -0.25) is 0 Å². The van der Waals surface area contributed by atoms with Crippen LogP contribution in [-0.2, 0) is 0 Å². The van der Waals surface area contributed by atoms with Gasteiger partial charge in [0.15, 0.2) is 0 Å². The molecule has 0 radical (unpaired) electrons.